The van der Waals surface area contributed by atoms with Gasteiger partial charge in [0.1, 0.15) is 11.8 Å². The molecule has 1 N–H and O–H groups in total. The average Bonchev–Trinajstić information content (AvgIpc) is 2.83. The van der Waals surface area contributed by atoms with E-state index in [1.54, 1.807) is 68.6 Å². The number of aromatic nitrogens is 2. The molecular weight excluding hydrogens is 477 g/mol. The van der Waals surface area contributed by atoms with Gasteiger partial charge in [-0.05, 0) is 61.0 Å². The van der Waals surface area contributed by atoms with Crippen LogP contribution in [0.5, 0.6) is 5.75 Å². The lowest BCUT2D eigenvalue weighted by atomic mass is 10.1. The molecule has 9 heteroatoms. The number of amides is 1. The fraction of sp³-hybridized carbons (Fsp3) is 0.160. The van der Waals surface area contributed by atoms with Crippen molar-refractivity contribution >= 4 is 45.7 Å². The van der Waals surface area contributed by atoms with Crippen LogP contribution in [0.4, 0.5) is 5.69 Å². The van der Waals surface area contributed by atoms with Gasteiger partial charge in [-0.1, -0.05) is 42.3 Å². The van der Waals surface area contributed by atoms with E-state index in [4.69, 9.17) is 27.9 Å². The minimum Gasteiger partial charge on any atom is -0.497 e. The van der Waals surface area contributed by atoms with Crippen LogP contribution in [0, 0.1) is 0 Å². The number of para-hydroxylation sites is 1. The Kier molecular flexibility index (Phi) is 6.77. The Morgan fingerprint density at radius 3 is 2.38 bits per heavy atom. The number of carbonyl (C=O) groups excluding carboxylic acids is 1. The summed E-state index contributed by atoms with van der Waals surface area (Å²) in [6.07, 6.45) is 0.282. The van der Waals surface area contributed by atoms with Crippen molar-refractivity contribution in [1.29, 1.82) is 0 Å². The zero-order valence-corrected chi connectivity index (χ0v) is 19.9. The van der Waals surface area contributed by atoms with Gasteiger partial charge in [0.05, 0.1) is 28.7 Å². The Bertz CT molecular complexity index is 1490. The number of carbonyl (C=O) groups is 1. The average molecular weight is 498 g/mol. The van der Waals surface area contributed by atoms with E-state index in [1.807, 2.05) is 0 Å². The van der Waals surface area contributed by atoms with E-state index in [1.165, 1.54) is 16.7 Å². The number of rotatable bonds is 6. The van der Waals surface area contributed by atoms with E-state index in [0.29, 0.717) is 16.5 Å². The summed E-state index contributed by atoms with van der Waals surface area (Å²) in [5.74, 6) is 0.231. The largest absolute Gasteiger partial charge is 0.497 e. The van der Waals surface area contributed by atoms with Crippen LogP contribution < -0.4 is 21.3 Å². The number of benzene rings is 3. The number of nitrogens with one attached hydrogen (secondary N) is 1. The molecular formula is C25H21Cl2N3O4. The topological polar surface area (TPSA) is 82.3 Å². The molecule has 4 aromatic rings. The van der Waals surface area contributed by atoms with E-state index in [9.17, 15) is 14.4 Å². The number of methoxy groups -OCH3 is 1. The van der Waals surface area contributed by atoms with E-state index in [0.717, 1.165) is 4.57 Å². The molecule has 0 saturated heterocycles. The van der Waals surface area contributed by atoms with Gasteiger partial charge in [-0.3, -0.25) is 14.2 Å². The molecule has 0 saturated carbocycles. The molecule has 1 amide bonds. The van der Waals surface area contributed by atoms with Crippen LogP contribution in [0.3, 0.4) is 0 Å². The standard InChI is InChI=1S/C25H21Cl2N3O4/c1-3-20(23(31)28-16-9-11-17(34-2)12-10-16)29-22-14-15(26)8-13-18(22)24(32)30(25(29)33)21-7-5-4-6-19(21)27/h4-14,20H,3H2,1-2H3,(H,28,31). The summed E-state index contributed by atoms with van der Waals surface area (Å²) in [4.78, 5) is 40.4. The highest BCUT2D eigenvalue weighted by atomic mass is 35.5. The van der Waals surface area contributed by atoms with Gasteiger partial charge < -0.3 is 10.1 Å². The molecule has 1 atom stereocenters. The van der Waals surface area contributed by atoms with Crippen molar-refractivity contribution < 1.29 is 9.53 Å². The van der Waals surface area contributed by atoms with Crippen molar-refractivity contribution in [2.75, 3.05) is 12.4 Å². The third kappa shape index (κ3) is 4.32. The van der Waals surface area contributed by atoms with Gasteiger partial charge in [0, 0.05) is 10.7 Å². The van der Waals surface area contributed by atoms with Crippen LogP contribution in [0.15, 0.2) is 76.3 Å². The fourth-order valence-corrected chi connectivity index (χ4v) is 4.22. The zero-order chi connectivity index (χ0) is 24.4. The van der Waals surface area contributed by atoms with Gasteiger partial charge >= 0.3 is 5.69 Å². The predicted octanol–water partition coefficient (Wildman–Crippen LogP) is 5.06. The predicted molar refractivity (Wildman–Crippen MR) is 135 cm³/mol. The summed E-state index contributed by atoms with van der Waals surface area (Å²) >= 11 is 12.5. The third-order valence-corrected chi connectivity index (χ3v) is 6.06. The lowest BCUT2D eigenvalue weighted by Gasteiger charge is -2.22. The third-order valence-electron chi connectivity index (χ3n) is 5.50. The normalized spacial score (nSPS) is 11.9. The van der Waals surface area contributed by atoms with Gasteiger partial charge in [-0.2, -0.15) is 0 Å². The maximum absolute atomic E-state index is 13.7. The molecule has 4 rings (SSSR count). The lowest BCUT2D eigenvalue weighted by molar-refractivity contribution is -0.119. The molecule has 1 heterocycles. The molecule has 3 aromatic carbocycles. The smallest absolute Gasteiger partial charge is 0.336 e. The number of hydrogen-bond acceptors (Lipinski definition) is 4. The highest BCUT2D eigenvalue weighted by Crippen LogP contribution is 2.24. The summed E-state index contributed by atoms with van der Waals surface area (Å²) in [5, 5.41) is 3.64. The molecule has 0 bridgehead atoms. The molecule has 7 nitrogen and oxygen atoms in total. The molecule has 0 aliphatic heterocycles. The molecule has 174 valence electrons. The van der Waals surface area contributed by atoms with E-state index in [2.05, 4.69) is 5.32 Å². The summed E-state index contributed by atoms with van der Waals surface area (Å²) in [5.41, 5.74) is -0.201. The van der Waals surface area contributed by atoms with Crippen molar-refractivity contribution in [3.05, 3.63) is 97.6 Å². The Balaban J connectivity index is 1.92. The van der Waals surface area contributed by atoms with Crippen molar-refractivity contribution in [3.63, 3.8) is 0 Å². The first-order chi connectivity index (χ1) is 16.3. The van der Waals surface area contributed by atoms with Crippen LogP contribution in [0.2, 0.25) is 10.0 Å². The molecule has 0 fully saturated rings. The molecule has 0 spiro atoms. The fourth-order valence-electron chi connectivity index (χ4n) is 3.83. The number of hydrogen-bond donors (Lipinski definition) is 1. The quantitative estimate of drug-likeness (QED) is 0.403. The summed E-state index contributed by atoms with van der Waals surface area (Å²) in [6.45, 7) is 1.78. The molecule has 34 heavy (non-hydrogen) atoms. The van der Waals surface area contributed by atoms with Crippen LogP contribution in [-0.4, -0.2) is 22.2 Å². The second-order valence-electron chi connectivity index (χ2n) is 7.55. The van der Waals surface area contributed by atoms with Gasteiger partial charge in [0.15, 0.2) is 0 Å². The van der Waals surface area contributed by atoms with Gasteiger partial charge in [0.2, 0.25) is 5.91 Å². The second-order valence-corrected chi connectivity index (χ2v) is 8.39. The Morgan fingerprint density at radius 1 is 1.03 bits per heavy atom. The van der Waals surface area contributed by atoms with Crippen LogP contribution >= 0.6 is 23.2 Å². The lowest BCUT2D eigenvalue weighted by Crippen LogP contribution is -2.43. The SMILES string of the molecule is CCC(C(=O)Nc1ccc(OC)cc1)n1c(=O)n(-c2ccccc2Cl)c(=O)c2ccc(Cl)cc21. The number of fused-ring (bicyclic) bond motifs is 1. The van der Waals surface area contributed by atoms with Crippen molar-refractivity contribution in [1.82, 2.24) is 9.13 Å². The zero-order valence-electron chi connectivity index (χ0n) is 18.4. The first-order valence-electron chi connectivity index (χ1n) is 10.5. The molecule has 0 aliphatic rings. The number of nitrogens with zero attached hydrogens (tertiary/aromatic N) is 2. The summed E-state index contributed by atoms with van der Waals surface area (Å²) in [6, 6.07) is 17.1. The minimum atomic E-state index is -0.926. The van der Waals surface area contributed by atoms with Crippen LogP contribution in [-0.2, 0) is 4.79 Å². The molecule has 0 radical (unpaired) electrons. The molecule has 1 aromatic heterocycles. The molecule has 0 aliphatic carbocycles. The second kappa shape index (κ2) is 9.75. The maximum atomic E-state index is 13.7. The van der Waals surface area contributed by atoms with Gasteiger partial charge in [-0.15, -0.1) is 0 Å². The summed E-state index contributed by atoms with van der Waals surface area (Å²) in [7, 11) is 1.55. The van der Waals surface area contributed by atoms with Crippen LogP contribution in [0.25, 0.3) is 16.6 Å². The van der Waals surface area contributed by atoms with Crippen molar-refractivity contribution in [2.24, 2.45) is 0 Å². The first kappa shape index (κ1) is 23.6. The Hall–Kier alpha value is -3.55. The maximum Gasteiger partial charge on any atom is 0.336 e. The minimum absolute atomic E-state index is 0.232. The van der Waals surface area contributed by atoms with E-state index < -0.39 is 23.2 Å². The Morgan fingerprint density at radius 2 is 1.74 bits per heavy atom. The Labute approximate surface area is 205 Å². The van der Waals surface area contributed by atoms with E-state index >= 15 is 0 Å². The highest BCUT2D eigenvalue weighted by Gasteiger charge is 2.26. The van der Waals surface area contributed by atoms with Crippen LogP contribution in [0.1, 0.15) is 19.4 Å². The number of anilines is 1. The van der Waals surface area contributed by atoms with Crippen molar-refractivity contribution in [2.45, 2.75) is 19.4 Å². The highest BCUT2D eigenvalue weighted by molar-refractivity contribution is 6.32. The number of ether oxygens (including phenoxy) is 1. The first-order valence-corrected chi connectivity index (χ1v) is 11.3. The van der Waals surface area contributed by atoms with Gasteiger partial charge in [-0.25, -0.2) is 9.36 Å². The van der Waals surface area contributed by atoms with Crippen molar-refractivity contribution in [3.8, 4) is 11.4 Å². The van der Waals surface area contributed by atoms with Gasteiger partial charge in [0.25, 0.3) is 5.56 Å². The monoisotopic (exact) mass is 497 g/mol. The van der Waals surface area contributed by atoms with E-state index in [-0.39, 0.29) is 28.0 Å². The molecule has 1 unspecified atom stereocenters. The summed E-state index contributed by atoms with van der Waals surface area (Å²) < 4.78 is 7.43. The number of halogens is 2.